The first-order valence-corrected chi connectivity index (χ1v) is 6.90. The number of aromatic nitrogens is 1. The quantitative estimate of drug-likeness (QED) is 0.808. The molecule has 102 valence electrons. The Hall–Kier alpha value is -0.870. The van der Waals surface area contributed by atoms with Gasteiger partial charge in [-0.15, -0.1) is 0 Å². The molecule has 1 aliphatic rings. The minimum Gasteiger partial charge on any atom is -0.360 e. The maximum Gasteiger partial charge on any atom is 0.151 e. The summed E-state index contributed by atoms with van der Waals surface area (Å²) in [5.74, 6) is 0.951. The lowest BCUT2D eigenvalue weighted by atomic mass is 10.00. The lowest BCUT2D eigenvalue weighted by Crippen LogP contribution is -2.39. The van der Waals surface area contributed by atoms with Crippen LogP contribution in [0.1, 0.15) is 51.5 Å². The first kappa shape index (κ1) is 13.6. The molecule has 4 heteroatoms. The summed E-state index contributed by atoms with van der Waals surface area (Å²) in [5, 5.41) is 7.56. The Balaban J connectivity index is 1.85. The van der Waals surface area contributed by atoms with Crippen molar-refractivity contribution in [2.45, 2.75) is 64.7 Å². The van der Waals surface area contributed by atoms with E-state index in [1.54, 1.807) is 0 Å². The summed E-state index contributed by atoms with van der Waals surface area (Å²) in [7, 11) is 2.13. The first-order chi connectivity index (χ1) is 8.51. The number of hydrogen-bond donors (Lipinski definition) is 1. The molecule has 0 spiro atoms. The molecule has 0 amide bonds. The molecule has 1 N–H and O–H groups in total. The Morgan fingerprint density at radius 1 is 1.50 bits per heavy atom. The van der Waals surface area contributed by atoms with Gasteiger partial charge in [-0.25, -0.2) is 0 Å². The standard InChI is InChI=1S/C14H25N3O/c1-5-14(2,3)17(4)10-13-8-12(16-18-13)9-15-11-6-7-11/h8,11,15H,5-7,9-10H2,1-4H3. The van der Waals surface area contributed by atoms with Crippen LogP contribution in [0.3, 0.4) is 0 Å². The van der Waals surface area contributed by atoms with Gasteiger partial charge in [-0.1, -0.05) is 12.1 Å². The molecule has 18 heavy (non-hydrogen) atoms. The third kappa shape index (κ3) is 3.56. The van der Waals surface area contributed by atoms with Gasteiger partial charge in [0.15, 0.2) is 5.76 Å². The monoisotopic (exact) mass is 251 g/mol. The fourth-order valence-corrected chi connectivity index (χ4v) is 1.77. The average molecular weight is 251 g/mol. The van der Waals surface area contributed by atoms with E-state index >= 15 is 0 Å². The summed E-state index contributed by atoms with van der Waals surface area (Å²) < 4.78 is 5.40. The number of nitrogens with one attached hydrogen (secondary N) is 1. The van der Waals surface area contributed by atoms with Crippen LogP contribution < -0.4 is 5.32 Å². The zero-order chi connectivity index (χ0) is 13.2. The Bertz CT molecular complexity index is 382. The van der Waals surface area contributed by atoms with Gasteiger partial charge in [-0.2, -0.15) is 0 Å². The third-order valence-electron chi connectivity index (χ3n) is 4.05. The molecule has 1 heterocycles. The molecule has 0 aromatic carbocycles. The average Bonchev–Trinajstić information content (AvgIpc) is 3.07. The summed E-state index contributed by atoms with van der Waals surface area (Å²) in [5.41, 5.74) is 1.21. The maximum absolute atomic E-state index is 5.40. The van der Waals surface area contributed by atoms with E-state index in [-0.39, 0.29) is 5.54 Å². The molecule has 0 atom stereocenters. The zero-order valence-corrected chi connectivity index (χ0v) is 12.0. The fourth-order valence-electron chi connectivity index (χ4n) is 1.77. The molecular weight excluding hydrogens is 226 g/mol. The smallest absolute Gasteiger partial charge is 0.151 e. The van der Waals surface area contributed by atoms with Crippen molar-refractivity contribution in [2.75, 3.05) is 7.05 Å². The third-order valence-corrected chi connectivity index (χ3v) is 4.05. The molecule has 1 aromatic heterocycles. The van der Waals surface area contributed by atoms with Crippen molar-refractivity contribution >= 4 is 0 Å². The second-order valence-electron chi connectivity index (χ2n) is 5.96. The van der Waals surface area contributed by atoms with Gasteiger partial charge in [0.2, 0.25) is 0 Å². The summed E-state index contributed by atoms with van der Waals surface area (Å²) in [6.07, 6.45) is 3.73. The van der Waals surface area contributed by atoms with E-state index in [4.69, 9.17) is 4.52 Å². The van der Waals surface area contributed by atoms with Crippen molar-refractivity contribution in [3.05, 3.63) is 17.5 Å². The maximum atomic E-state index is 5.40. The van der Waals surface area contributed by atoms with Crippen LogP contribution in [0, 0.1) is 0 Å². The predicted molar refractivity (Wildman–Crippen MR) is 72.2 cm³/mol. The highest BCUT2D eigenvalue weighted by atomic mass is 16.5. The van der Waals surface area contributed by atoms with Crippen LogP contribution in [-0.4, -0.2) is 28.7 Å². The number of rotatable bonds is 7. The molecule has 0 unspecified atom stereocenters. The second-order valence-corrected chi connectivity index (χ2v) is 5.96. The van der Waals surface area contributed by atoms with Gasteiger partial charge in [0.25, 0.3) is 0 Å². The van der Waals surface area contributed by atoms with E-state index in [9.17, 15) is 0 Å². The topological polar surface area (TPSA) is 41.3 Å². The van der Waals surface area contributed by atoms with Gasteiger partial charge in [-0.3, -0.25) is 4.90 Å². The van der Waals surface area contributed by atoms with Gasteiger partial charge in [0, 0.05) is 24.2 Å². The summed E-state index contributed by atoms with van der Waals surface area (Å²) in [6, 6.07) is 2.78. The summed E-state index contributed by atoms with van der Waals surface area (Å²) >= 11 is 0. The Kier molecular flexibility index (Phi) is 4.07. The van der Waals surface area contributed by atoms with Crippen LogP contribution in [-0.2, 0) is 13.1 Å². The zero-order valence-electron chi connectivity index (χ0n) is 12.0. The molecule has 0 saturated heterocycles. The Morgan fingerprint density at radius 2 is 2.22 bits per heavy atom. The lowest BCUT2D eigenvalue weighted by molar-refractivity contribution is 0.129. The van der Waals surface area contributed by atoms with Crippen molar-refractivity contribution in [3.63, 3.8) is 0 Å². The summed E-state index contributed by atoms with van der Waals surface area (Å²) in [6.45, 7) is 8.35. The van der Waals surface area contributed by atoms with Gasteiger partial charge in [0.1, 0.15) is 0 Å². The van der Waals surface area contributed by atoms with E-state index in [1.807, 2.05) is 0 Å². The van der Waals surface area contributed by atoms with Crippen molar-refractivity contribution in [1.29, 1.82) is 0 Å². The van der Waals surface area contributed by atoms with Crippen LogP contribution in [0.15, 0.2) is 10.6 Å². The molecule has 1 fully saturated rings. The van der Waals surface area contributed by atoms with Gasteiger partial charge >= 0.3 is 0 Å². The highest BCUT2D eigenvalue weighted by Crippen LogP contribution is 2.21. The van der Waals surface area contributed by atoms with E-state index in [0.717, 1.165) is 31.0 Å². The predicted octanol–water partition coefficient (Wildman–Crippen LogP) is 2.55. The molecule has 0 bridgehead atoms. The van der Waals surface area contributed by atoms with E-state index in [0.29, 0.717) is 6.04 Å². The van der Waals surface area contributed by atoms with E-state index < -0.39 is 0 Å². The normalized spacial score (nSPS) is 16.5. The molecule has 4 nitrogen and oxygen atoms in total. The molecule has 0 aliphatic heterocycles. The SMILES string of the molecule is CCC(C)(C)N(C)Cc1cc(CNC2CC2)no1. The highest BCUT2D eigenvalue weighted by molar-refractivity contribution is 5.06. The largest absolute Gasteiger partial charge is 0.360 e. The van der Waals surface area contributed by atoms with Gasteiger partial charge in [0.05, 0.1) is 12.2 Å². The van der Waals surface area contributed by atoms with Crippen LogP contribution in [0.25, 0.3) is 0 Å². The van der Waals surface area contributed by atoms with Crippen LogP contribution in [0.4, 0.5) is 0 Å². The van der Waals surface area contributed by atoms with Crippen molar-refractivity contribution in [2.24, 2.45) is 0 Å². The Labute approximate surface area is 110 Å². The van der Waals surface area contributed by atoms with Crippen molar-refractivity contribution in [3.8, 4) is 0 Å². The highest BCUT2D eigenvalue weighted by Gasteiger charge is 2.23. The van der Waals surface area contributed by atoms with Gasteiger partial charge in [-0.05, 0) is 40.2 Å². The number of nitrogens with zero attached hydrogens (tertiary/aromatic N) is 2. The molecule has 2 rings (SSSR count). The number of hydrogen-bond acceptors (Lipinski definition) is 4. The van der Waals surface area contributed by atoms with E-state index in [1.165, 1.54) is 12.8 Å². The molecule has 1 aliphatic carbocycles. The second kappa shape index (κ2) is 5.41. The fraction of sp³-hybridized carbons (Fsp3) is 0.786. The molecule has 1 aromatic rings. The minimum atomic E-state index is 0.194. The molecular formula is C14H25N3O. The molecule has 1 saturated carbocycles. The first-order valence-electron chi connectivity index (χ1n) is 6.90. The Morgan fingerprint density at radius 3 is 2.83 bits per heavy atom. The van der Waals surface area contributed by atoms with Crippen LogP contribution in [0.2, 0.25) is 0 Å². The van der Waals surface area contributed by atoms with Gasteiger partial charge < -0.3 is 9.84 Å². The summed E-state index contributed by atoms with van der Waals surface area (Å²) in [4.78, 5) is 2.31. The van der Waals surface area contributed by atoms with E-state index in [2.05, 4.69) is 49.3 Å². The van der Waals surface area contributed by atoms with Crippen molar-refractivity contribution < 1.29 is 4.52 Å². The molecule has 0 radical (unpaired) electrons. The lowest BCUT2D eigenvalue weighted by Gasteiger charge is -2.33. The van der Waals surface area contributed by atoms with Crippen LogP contribution >= 0.6 is 0 Å². The minimum absolute atomic E-state index is 0.194. The van der Waals surface area contributed by atoms with Crippen molar-refractivity contribution in [1.82, 2.24) is 15.4 Å². The van der Waals surface area contributed by atoms with Crippen LogP contribution in [0.5, 0.6) is 0 Å².